The van der Waals surface area contributed by atoms with Crippen molar-refractivity contribution in [1.82, 2.24) is 0 Å². The van der Waals surface area contributed by atoms with Crippen molar-refractivity contribution < 1.29 is 9.47 Å². The van der Waals surface area contributed by atoms with E-state index >= 15 is 0 Å². The Morgan fingerprint density at radius 3 is 1.22 bits per heavy atom. The molecule has 0 aliphatic heterocycles. The van der Waals surface area contributed by atoms with Gasteiger partial charge < -0.3 is 20.1 Å². The normalized spacial score (nSPS) is 11.1. The summed E-state index contributed by atoms with van der Waals surface area (Å²) in [5.41, 5.74) is 1.82. The van der Waals surface area contributed by atoms with E-state index in [0.29, 0.717) is 18.3 Å². The van der Waals surface area contributed by atoms with Gasteiger partial charge in [0.15, 0.2) is 5.11 Å². The van der Waals surface area contributed by atoms with Crippen LogP contribution in [-0.4, -0.2) is 24.5 Å². The zero-order valence-corrected chi connectivity index (χ0v) is 31.2. The smallest absolute Gasteiger partial charge is 0.175 e. The summed E-state index contributed by atoms with van der Waals surface area (Å²) < 4.78 is 10.8. The maximum absolute atomic E-state index is 5.40. The zero-order chi connectivity index (χ0) is 34.6. The molecule has 0 aromatic heterocycles. The standard InChI is InChI=1S/C26H33P.C17H20N2O2S/c1-2-3-4-5-6-16-23-27(24-17-10-7-11-18-24,25-19-12-8-13-20-25)26-21-14-9-15-22-26;1-3-20-15-9-5-13(6-10-15)18-17(22)19-14-7-11-16(12-8-14)21-4-2/h7-15,17-22,27H,2-6,16,23H2,1H3;5-12H,3-4H2,1-2H3,(H2,18,19,22). The molecule has 0 amide bonds. The molecule has 0 aliphatic carbocycles. The summed E-state index contributed by atoms with van der Waals surface area (Å²) in [6.07, 6.45) is 9.39. The fraction of sp³-hybridized carbons (Fsp3) is 0.279. The third-order valence-electron chi connectivity index (χ3n) is 8.55. The number of hydrogen-bond acceptors (Lipinski definition) is 3. The van der Waals surface area contributed by atoms with Crippen LogP contribution in [0.1, 0.15) is 59.3 Å². The van der Waals surface area contributed by atoms with Gasteiger partial charge in [-0.25, -0.2) is 0 Å². The van der Waals surface area contributed by atoms with Crippen molar-refractivity contribution in [3.63, 3.8) is 0 Å². The van der Waals surface area contributed by atoms with Crippen LogP contribution in [0, 0.1) is 0 Å². The van der Waals surface area contributed by atoms with E-state index in [4.69, 9.17) is 21.7 Å². The average Bonchev–Trinajstić information content (AvgIpc) is 3.15. The van der Waals surface area contributed by atoms with Crippen LogP contribution in [0.4, 0.5) is 11.4 Å². The molecule has 49 heavy (non-hydrogen) atoms. The van der Waals surface area contributed by atoms with E-state index in [-0.39, 0.29) is 0 Å². The van der Waals surface area contributed by atoms with Gasteiger partial charge in [0.05, 0.1) is 13.2 Å². The van der Waals surface area contributed by atoms with Crippen molar-refractivity contribution in [2.45, 2.75) is 59.3 Å². The Kier molecular flexibility index (Phi) is 16.1. The second-order valence-corrected chi connectivity index (χ2v) is 16.5. The van der Waals surface area contributed by atoms with Crippen LogP contribution < -0.4 is 36.0 Å². The van der Waals surface area contributed by atoms with Gasteiger partial charge >= 0.3 is 166 Å². The predicted molar refractivity (Wildman–Crippen MR) is 220 cm³/mol. The fourth-order valence-corrected chi connectivity index (χ4v) is 11.3. The fourth-order valence-electron chi connectivity index (χ4n) is 6.17. The molecule has 5 rings (SSSR count). The molecule has 0 unspecified atom stereocenters. The van der Waals surface area contributed by atoms with Crippen LogP contribution in [0.15, 0.2) is 140 Å². The first-order chi connectivity index (χ1) is 24.1. The molecule has 0 aliphatic rings. The number of unbranched alkanes of at least 4 members (excludes halogenated alkanes) is 5. The molecule has 0 saturated heterocycles. The molecule has 0 heterocycles. The van der Waals surface area contributed by atoms with Gasteiger partial charge in [-0.05, 0) is 74.6 Å². The maximum atomic E-state index is 5.40. The number of thiocarbonyl (C=S) groups is 1. The van der Waals surface area contributed by atoms with Crippen LogP contribution in [0.2, 0.25) is 0 Å². The molecule has 6 heteroatoms. The second-order valence-electron chi connectivity index (χ2n) is 12.0. The Bertz CT molecular complexity index is 1470. The van der Waals surface area contributed by atoms with Crippen molar-refractivity contribution >= 4 is 51.9 Å². The summed E-state index contributed by atoms with van der Waals surface area (Å²) in [6.45, 7) is 7.52. The molecule has 5 aromatic carbocycles. The summed E-state index contributed by atoms with van der Waals surface area (Å²) >= 11 is 5.30. The summed E-state index contributed by atoms with van der Waals surface area (Å²) in [7, 11) is -1.99. The van der Waals surface area contributed by atoms with E-state index in [9.17, 15) is 0 Å². The number of rotatable bonds is 16. The van der Waals surface area contributed by atoms with E-state index in [1.54, 1.807) is 0 Å². The van der Waals surface area contributed by atoms with Gasteiger partial charge in [-0.15, -0.1) is 0 Å². The first-order valence-electron chi connectivity index (χ1n) is 17.8. The second kappa shape index (κ2) is 21.0. The van der Waals surface area contributed by atoms with Crippen molar-refractivity contribution in [1.29, 1.82) is 0 Å². The van der Waals surface area contributed by atoms with E-state index in [1.807, 2.05) is 62.4 Å². The Balaban J connectivity index is 0.000000226. The predicted octanol–water partition coefficient (Wildman–Crippen LogP) is 10.4. The molecule has 258 valence electrons. The van der Waals surface area contributed by atoms with Crippen LogP contribution in [0.5, 0.6) is 11.5 Å². The zero-order valence-electron chi connectivity index (χ0n) is 29.4. The average molecular weight is 693 g/mol. The van der Waals surface area contributed by atoms with Gasteiger partial charge in [0, 0.05) is 11.4 Å². The van der Waals surface area contributed by atoms with Crippen LogP contribution in [0.25, 0.3) is 0 Å². The minimum absolute atomic E-state index is 0.535. The van der Waals surface area contributed by atoms with Gasteiger partial charge in [0.1, 0.15) is 11.5 Å². The Hall–Kier alpha value is -4.18. The van der Waals surface area contributed by atoms with Gasteiger partial charge in [0.25, 0.3) is 0 Å². The van der Waals surface area contributed by atoms with E-state index in [0.717, 1.165) is 22.9 Å². The molecule has 4 nitrogen and oxygen atoms in total. The topological polar surface area (TPSA) is 42.5 Å². The van der Waals surface area contributed by atoms with Crippen molar-refractivity contribution in [3.05, 3.63) is 140 Å². The molecule has 0 bridgehead atoms. The molecule has 5 aromatic rings. The van der Waals surface area contributed by atoms with Crippen LogP contribution in [0.3, 0.4) is 0 Å². The van der Waals surface area contributed by atoms with Crippen molar-refractivity contribution in [3.8, 4) is 11.5 Å². The van der Waals surface area contributed by atoms with Gasteiger partial charge in [0.2, 0.25) is 0 Å². The third kappa shape index (κ3) is 11.7. The minimum Gasteiger partial charge on any atom is -0.494 e. The molecule has 0 fully saturated rings. The van der Waals surface area contributed by atoms with Crippen LogP contribution in [-0.2, 0) is 0 Å². The van der Waals surface area contributed by atoms with E-state index in [1.165, 1.54) is 60.6 Å². The van der Waals surface area contributed by atoms with Gasteiger partial charge in [-0.2, -0.15) is 0 Å². The number of benzene rings is 5. The molecular formula is C43H53N2O2PS. The first kappa shape index (κ1) is 37.6. The minimum atomic E-state index is -1.99. The van der Waals surface area contributed by atoms with E-state index < -0.39 is 7.26 Å². The SMILES string of the molecule is CCCCCCCC[PH](c1ccccc1)(c1ccccc1)c1ccccc1.CCOc1ccc(NC(=S)Nc2ccc(OCC)cc2)cc1. The Morgan fingerprint density at radius 2 is 0.857 bits per heavy atom. The Morgan fingerprint density at radius 1 is 0.490 bits per heavy atom. The Labute approximate surface area is 300 Å². The summed E-state index contributed by atoms with van der Waals surface area (Å²) in [5.74, 6) is 1.69. The monoisotopic (exact) mass is 692 g/mol. The van der Waals surface area contributed by atoms with Crippen LogP contribution >= 0.6 is 19.5 Å². The van der Waals surface area contributed by atoms with Crippen molar-refractivity contribution in [2.24, 2.45) is 0 Å². The molecule has 0 saturated carbocycles. The molecule has 0 atom stereocenters. The molecular weight excluding hydrogens is 640 g/mol. The van der Waals surface area contributed by atoms with Crippen molar-refractivity contribution in [2.75, 3.05) is 30.0 Å². The quantitative estimate of drug-likeness (QED) is 0.0612. The van der Waals surface area contributed by atoms with Gasteiger partial charge in [-0.3, -0.25) is 0 Å². The molecule has 0 spiro atoms. The molecule has 2 N–H and O–H groups in total. The third-order valence-corrected chi connectivity index (χ3v) is 13.8. The van der Waals surface area contributed by atoms with E-state index in [2.05, 4.69) is 109 Å². The molecule has 0 radical (unpaired) electrons. The summed E-state index contributed by atoms with van der Waals surface area (Å²) in [6, 6.07) is 49.2. The first-order valence-corrected chi connectivity index (χ1v) is 20.4. The summed E-state index contributed by atoms with van der Waals surface area (Å²) in [4.78, 5) is 0. The summed E-state index contributed by atoms with van der Waals surface area (Å²) in [5, 5.41) is 11.4. The van der Waals surface area contributed by atoms with Gasteiger partial charge in [-0.1, -0.05) is 0 Å². The largest absolute Gasteiger partial charge is 0.494 e. The maximum Gasteiger partial charge on any atom is 0.175 e. The number of nitrogens with one attached hydrogen (secondary N) is 2. The number of anilines is 2. The number of hydrogen-bond donors (Lipinski definition) is 2. The number of ether oxygens (including phenoxy) is 2.